The zero-order chi connectivity index (χ0) is 16.4. The van der Waals surface area contributed by atoms with Gasteiger partial charge in [-0.25, -0.2) is 0 Å². The summed E-state index contributed by atoms with van der Waals surface area (Å²) in [6, 6.07) is 4.31. The summed E-state index contributed by atoms with van der Waals surface area (Å²) in [7, 11) is 0. The number of hydrogen-bond acceptors (Lipinski definition) is 5. The molecule has 1 aliphatic rings. The fraction of sp³-hybridized carbons (Fsp3) is 0.429. The zero-order valence-corrected chi connectivity index (χ0v) is 12.6. The number of anilines is 1. The van der Waals surface area contributed by atoms with E-state index in [-0.39, 0.29) is 12.3 Å². The van der Waals surface area contributed by atoms with E-state index in [1.54, 1.807) is 0 Å². The van der Waals surface area contributed by atoms with Crippen molar-refractivity contribution in [3.05, 3.63) is 35.0 Å². The van der Waals surface area contributed by atoms with Crippen LogP contribution in [0.25, 0.3) is 0 Å². The van der Waals surface area contributed by atoms with Crippen LogP contribution in [0.5, 0.6) is 5.75 Å². The van der Waals surface area contributed by atoms with Gasteiger partial charge in [-0.3, -0.25) is 0 Å². The van der Waals surface area contributed by atoms with Gasteiger partial charge in [0.05, 0.1) is 12.2 Å². The van der Waals surface area contributed by atoms with Gasteiger partial charge in [-0.1, -0.05) is 11.6 Å². The van der Waals surface area contributed by atoms with Crippen LogP contribution in [0, 0.1) is 0 Å². The second kappa shape index (κ2) is 6.27. The predicted octanol–water partition coefficient (Wildman–Crippen LogP) is 4.15. The SMILES string of the molecule is FC(F)(F)COc1ccc(Cl)cc1NCc1nnc(C2CC2)o1. The van der Waals surface area contributed by atoms with Gasteiger partial charge < -0.3 is 14.5 Å². The molecule has 1 N–H and O–H groups in total. The van der Waals surface area contributed by atoms with Gasteiger partial charge in [0, 0.05) is 10.9 Å². The van der Waals surface area contributed by atoms with E-state index in [0.29, 0.717) is 28.4 Å². The third-order valence-corrected chi connectivity index (χ3v) is 3.41. The monoisotopic (exact) mass is 347 g/mol. The average Bonchev–Trinajstić information content (AvgIpc) is 3.22. The molecular formula is C14H13ClF3N3O2. The van der Waals surface area contributed by atoms with Crippen LogP contribution >= 0.6 is 11.6 Å². The average molecular weight is 348 g/mol. The number of hydrogen-bond donors (Lipinski definition) is 1. The van der Waals surface area contributed by atoms with Crippen LogP contribution in [0.1, 0.15) is 30.5 Å². The fourth-order valence-electron chi connectivity index (χ4n) is 1.93. The van der Waals surface area contributed by atoms with Gasteiger partial charge >= 0.3 is 6.18 Å². The molecule has 0 aliphatic heterocycles. The minimum atomic E-state index is -4.41. The van der Waals surface area contributed by atoms with Crippen molar-refractivity contribution in [3.8, 4) is 5.75 Å². The first-order valence-electron chi connectivity index (χ1n) is 6.96. The molecule has 1 heterocycles. The number of aromatic nitrogens is 2. The number of rotatable bonds is 6. The summed E-state index contributed by atoms with van der Waals surface area (Å²) >= 11 is 5.87. The Kier molecular flexibility index (Phi) is 4.34. The molecule has 1 aliphatic carbocycles. The molecule has 0 spiro atoms. The molecule has 3 rings (SSSR count). The minimum absolute atomic E-state index is 0.0497. The summed E-state index contributed by atoms with van der Waals surface area (Å²) in [5.41, 5.74) is 0.327. The first kappa shape index (κ1) is 15.9. The van der Waals surface area contributed by atoms with E-state index in [0.717, 1.165) is 12.8 Å². The molecule has 1 aromatic heterocycles. The topological polar surface area (TPSA) is 60.2 Å². The van der Waals surface area contributed by atoms with Crippen molar-refractivity contribution in [2.45, 2.75) is 31.5 Å². The number of ether oxygens (including phenoxy) is 1. The molecule has 0 bridgehead atoms. The van der Waals surface area contributed by atoms with Crippen molar-refractivity contribution in [1.82, 2.24) is 10.2 Å². The second-order valence-corrected chi connectivity index (χ2v) is 5.64. The molecule has 0 amide bonds. The van der Waals surface area contributed by atoms with Gasteiger partial charge in [0.15, 0.2) is 6.61 Å². The molecule has 9 heteroatoms. The highest BCUT2D eigenvalue weighted by Crippen LogP contribution is 2.39. The van der Waals surface area contributed by atoms with Crippen LogP contribution in [-0.2, 0) is 6.54 Å². The van der Waals surface area contributed by atoms with Crippen LogP contribution in [0.2, 0.25) is 5.02 Å². The fourth-order valence-corrected chi connectivity index (χ4v) is 2.10. The zero-order valence-electron chi connectivity index (χ0n) is 11.9. The lowest BCUT2D eigenvalue weighted by molar-refractivity contribution is -0.153. The van der Waals surface area contributed by atoms with Crippen molar-refractivity contribution in [2.24, 2.45) is 0 Å². The van der Waals surface area contributed by atoms with E-state index in [9.17, 15) is 13.2 Å². The number of benzene rings is 1. The van der Waals surface area contributed by atoms with E-state index in [2.05, 4.69) is 15.5 Å². The minimum Gasteiger partial charge on any atom is -0.482 e. The van der Waals surface area contributed by atoms with Crippen LogP contribution < -0.4 is 10.1 Å². The van der Waals surface area contributed by atoms with Crippen molar-refractivity contribution >= 4 is 17.3 Å². The van der Waals surface area contributed by atoms with Gasteiger partial charge in [-0.05, 0) is 31.0 Å². The van der Waals surface area contributed by atoms with E-state index in [1.807, 2.05) is 0 Å². The standard InChI is InChI=1S/C14H13ClF3N3O2/c15-9-3-4-11(22-7-14(16,17)18)10(5-9)19-6-12-20-21-13(23-12)8-1-2-8/h3-5,8,19H,1-2,6-7H2. The van der Waals surface area contributed by atoms with Crippen molar-refractivity contribution in [1.29, 1.82) is 0 Å². The van der Waals surface area contributed by atoms with E-state index < -0.39 is 12.8 Å². The Morgan fingerprint density at radius 2 is 2.09 bits per heavy atom. The molecule has 5 nitrogen and oxygen atoms in total. The van der Waals surface area contributed by atoms with E-state index in [1.165, 1.54) is 18.2 Å². The Morgan fingerprint density at radius 3 is 2.78 bits per heavy atom. The lowest BCUT2D eigenvalue weighted by Crippen LogP contribution is -2.19. The first-order chi connectivity index (χ1) is 10.9. The molecule has 0 saturated heterocycles. The second-order valence-electron chi connectivity index (χ2n) is 5.21. The van der Waals surface area contributed by atoms with Gasteiger partial charge in [0.25, 0.3) is 0 Å². The van der Waals surface area contributed by atoms with Crippen LogP contribution in [0.3, 0.4) is 0 Å². The summed E-state index contributed by atoms with van der Waals surface area (Å²) in [4.78, 5) is 0. The molecule has 124 valence electrons. The lowest BCUT2D eigenvalue weighted by atomic mass is 10.3. The Balaban J connectivity index is 1.66. The summed E-state index contributed by atoms with van der Waals surface area (Å²) in [6.07, 6.45) is -2.33. The normalized spacial score (nSPS) is 14.8. The quantitative estimate of drug-likeness (QED) is 0.850. The summed E-state index contributed by atoms with van der Waals surface area (Å²) in [5, 5.41) is 11.1. The number of nitrogens with zero attached hydrogens (tertiary/aromatic N) is 2. The highest BCUT2D eigenvalue weighted by molar-refractivity contribution is 6.30. The van der Waals surface area contributed by atoms with Gasteiger partial charge in [0.1, 0.15) is 5.75 Å². The molecule has 1 fully saturated rings. The Bertz CT molecular complexity index is 686. The highest BCUT2D eigenvalue weighted by atomic mass is 35.5. The van der Waals surface area contributed by atoms with Gasteiger partial charge in [-0.15, -0.1) is 10.2 Å². The predicted molar refractivity (Wildman–Crippen MR) is 76.6 cm³/mol. The largest absolute Gasteiger partial charge is 0.482 e. The molecule has 0 atom stereocenters. The lowest BCUT2D eigenvalue weighted by Gasteiger charge is -2.14. The molecule has 2 aromatic rings. The Labute approximate surface area is 134 Å². The van der Waals surface area contributed by atoms with Crippen LogP contribution in [0.4, 0.5) is 18.9 Å². The number of alkyl halides is 3. The third kappa shape index (κ3) is 4.51. The van der Waals surface area contributed by atoms with Gasteiger partial charge in [-0.2, -0.15) is 13.2 Å². The number of halogens is 4. The molecule has 1 saturated carbocycles. The first-order valence-corrected chi connectivity index (χ1v) is 7.34. The maximum atomic E-state index is 12.3. The van der Waals surface area contributed by atoms with Crippen molar-refractivity contribution in [3.63, 3.8) is 0 Å². The smallest absolute Gasteiger partial charge is 0.422 e. The Hall–Kier alpha value is -1.96. The maximum Gasteiger partial charge on any atom is 0.422 e. The molecule has 0 unspecified atom stereocenters. The number of nitrogens with one attached hydrogen (secondary N) is 1. The third-order valence-electron chi connectivity index (χ3n) is 3.17. The molecule has 1 aromatic carbocycles. The molecule has 0 radical (unpaired) electrons. The highest BCUT2D eigenvalue weighted by Gasteiger charge is 2.30. The van der Waals surface area contributed by atoms with Crippen molar-refractivity contribution in [2.75, 3.05) is 11.9 Å². The maximum absolute atomic E-state index is 12.3. The molecular weight excluding hydrogens is 335 g/mol. The Morgan fingerprint density at radius 1 is 1.30 bits per heavy atom. The van der Waals surface area contributed by atoms with E-state index in [4.69, 9.17) is 20.8 Å². The molecule has 23 heavy (non-hydrogen) atoms. The summed E-state index contributed by atoms with van der Waals surface area (Å²) < 4.78 is 47.1. The van der Waals surface area contributed by atoms with Crippen molar-refractivity contribution < 1.29 is 22.3 Å². The summed E-state index contributed by atoms with van der Waals surface area (Å²) in [6.45, 7) is -1.21. The van der Waals surface area contributed by atoms with E-state index >= 15 is 0 Å². The van der Waals surface area contributed by atoms with Crippen LogP contribution in [0.15, 0.2) is 22.6 Å². The van der Waals surface area contributed by atoms with Gasteiger partial charge in [0.2, 0.25) is 11.8 Å². The van der Waals surface area contributed by atoms with Crippen LogP contribution in [-0.4, -0.2) is 23.0 Å². The summed E-state index contributed by atoms with van der Waals surface area (Å²) in [5.74, 6) is 1.34.